The van der Waals surface area contributed by atoms with Crippen molar-refractivity contribution in [3.05, 3.63) is 59.2 Å². The first-order valence-corrected chi connectivity index (χ1v) is 5.80. The molecule has 0 amide bonds. The lowest BCUT2D eigenvalue weighted by Gasteiger charge is -2.12. The predicted molar refractivity (Wildman–Crippen MR) is 67.5 cm³/mol. The molecule has 2 aromatic carbocycles. The zero-order valence-electron chi connectivity index (χ0n) is 10.3. The van der Waals surface area contributed by atoms with Crippen LogP contribution in [0.5, 0.6) is 0 Å². The van der Waals surface area contributed by atoms with Gasteiger partial charge < -0.3 is 5.11 Å². The molecule has 1 nitrogen and oxygen atoms in total. The Bertz CT molecular complexity index is 571. The van der Waals surface area contributed by atoms with Crippen LogP contribution < -0.4 is 0 Å². The fourth-order valence-electron chi connectivity index (χ4n) is 1.92. The molecule has 0 unspecified atom stereocenters. The average Bonchev–Trinajstić information content (AvgIpc) is 2.38. The van der Waals surface area contributed by atoms with Crippen LogP contribution in [0.15, 0.2) is 42.5 Å². The Morgan fingerprint density at radius 2 is 1.63 bits per heavy atom. The first kappa shape index (κ1) is 13.6. The molecule has 0 heterocycles. The normalized spacial score (nSPS) is 11.6. The lowest BCUT2D eigenvalue weighted by Crippen LogP contribution is -2.06. The van der Waals surface area contributed by atoms with Gasteiger partial charge in [-0.1, -0.05) is 35.9 Å². The zero-order chi connectivity index (χ0) is 14.0. The minimum absolute atomic E-state index is 0.277. The second kappa shape index (κ2) is 5.05. The van der Waals surface area contributed by atoms with Gasteiger partial charge >= 0.3 is 6.18 Å². The van der Waals surface area contributed by atoms with E-state index in [1.165, 1.54) is 6.07 Å². The lowest BCUT2D eigenvalue weighted by molar-refractivity contribution is -0.137. The second-order valence-corrected chi connectivity index (χ2v) is 4.39. The van der Waals surface area contributed by atoms with Gasteiger partial charge in [-0.15, -0.1) is 0 Å². The number of aliphatic hydroxyl groups is 1. The molecule has 0 aliphatic carbocycles. The van der Waals surface area contributed by atoms with E-state index < -0.39 is 18.3 Å². The van der Waals surface area contributed by atoms with Crippen LogP contribution in [0.25, 0.3) is 11.1 Å². The van der Waals surface area contributed by atoms with E-state index in [0.29, 0.717) is 5.56 Å². The molecule has 0 saturated carbocycles. The highest BCUT2D eigenvalue weighted by Gasteiger charge is 2.30. The maximum atomic E-state index is 12.6. The van der Waals surface area contributed by atoms with Gasteiger partial charge in [-0.05, 0) is 35.7 Å². The number of rotatable bonds is 2. The lowest BCUT2D eigenvalue weighted by atomic mass is 9.97. The van der Waals surface area contributed by atoms with Crippen LogP contribution in [0.3, 0.4) is 0 Å². The molecule has 2 aromatic rings. The molecular formula is C15H13F3O. The van der Waals surface area contributed by atoms with Crippen molar-refractivity contribution < 1.29 is 18.3 Å². The number of aryl methyl sites for hydroxylation is 1. The highest BCUT2D eigenvalue weighted by Crippen LogP contribution is 2.33. The topological polar surface area (TPSA) is 20.2 Å². The van der Waals surface area contributed by atoms with Crippen LogP contribution in [0, 0.1) is 6.92 Å². The summed E-state index contributed by atoms with van der Waals surface area (Å²) in [4.78, 5) is 0. The third-order valence-electron chi connectivity index (χ3n) is 2.97. The molecular weight excluding hydrogens is 253 g/mol. The van der Waals surface area contributed by atoms with Crippen LogP contribution >= 0.6 is 0 Å². The Labute approximate surface area is 109 Å². The summed E-state index contributed by atoms with van der Waals surface area (Å²) in [6, 6.07) is 10.9. The Balaban J connectivity index is 2.50. The largest absolute Gasteiger partial charge is 0.416 e. The Hall–Kier alpha value is -1.81. The third kappa shape index (κ3) is 2.96. The van der Waals surface area contributed by atoms with Gasteiger partial charge in [0.05, 0.1) is 12.2 Å². The molecule has 100 valence electrons. The van der Waals surface area contributed by atoms with Crippen LogP contribution in [0.2, 0.25) is 0 Å². The minimum atomic E-state index is -4.39. The van der Waals surface area contributed by atoms with E-state index in [-0.39, 0.29) is 5.56 Å². The van der Waals surface area contributed by atoms with E-state index in [1.807, 2.05) is 31.2 Å². The number of hydrogen-bond donors (Lipinski definition) is 1. The van der Waals surface area contributed by atoms with Crippen molar-refractivity contribution >= 4 is 0 Å². The standard InChI is InChI=1S/C15H13F3O/c1-10-2-4-11(5-3-10)14-7-6-13(15(16,17)18)8-12(14)9-19/h2-8,19H,9H2,1H3. The van der Waals surface area contributed by atoms with Gasteiger partial charge in [0.2, 0.25) is 0 Å². The SMILES string of the molecule is Cc1ccc(-c2ccc(C(F)(F)F)cc2CO)cc1. The highest BCUT2D eigenvalue weighted by molar-refractivity contribution is 5.68. The molecule has 0 saturated heterocycles. The van der Waals surface area contributed by atoms with Gasteiger partial charge in [0.15, 0.2) is 0 Å². The molecule has 0 atom stereocenters. The molecule has 0 aliphatic heterocycles. The molecule has 0 bridgehead atoms. The number of benzene rings is 2. The number of hydrogen-bond acceptors (Lipinski definition) is 1. The first-order valence-electron chi connectivity index (χ1n) is 5.80. The van der Waals surface area contributed by atoms with Crippen molar-refractivity contribution in [1.29, 1.82) is 0 Å². The first-order chi connectivity index (χ1) is 8.91. The van der Waals surface area contributed by atoms with Crippen LogP contribution in [0.1, 0.15) is 16.7 Å². The molecule has 2 rings (SSSR count). The molecule has 0 aliphatic rings. The molecule has 4 heteroatoms. The summed E-state index contributed by atoms with van der Waals surface area (Å²) in [5, 5.41) is 9.26. The van der Waals surface area contributed by atoms with Crippen LogP contribution in [0.4, 0.5) is 13.2 Å². The summed E-state index contributed by atoms with van der Waals surface area (Å²) in [5.74, 6) is 0. The van der Waals surface area contributed by atoms with E-state index in [9.17, 15) is 18.3 Å². The van der Waals surface area contributed by atoms with E-state index in [2.05, 4.69) is 0 Å². The summed E-state index contributed by atoms with van der Waals surface area (Å²) in [6.07, 6.45) is -4.39. The Morgan fingerprint density at radius 1 is 1.00 bits per heavy atom. The summed E-state index contributed by atoms with van der Waals surface area (Å²) < 4.78 is 37.8. The van der Waals surface area contributed by atoms with Crippen molar-refractivity contribution in [2.24, 2.45) is 0 Å². The van der Waals surface area contributed by atoms with Gasteiger partial charge in [-0.2, -0.15) is 13.2 Å². The zero-order valence-corrected chi connectivity index (χ0v) is 10.3. The predicted octanol–water partition coefficient (Wildman–Crippen LogP) is 4.17. The molecule has 0 aromatic heterocycles. The molecule has 1 N–H and O–H groups in total. The van der Waals surface area contributed by atoms with E-state index in [1.54, 1.807) is 0 Å². The Kier molecular flexibility index (Phi) is 3.62. The fourth-order valence-corrected chi connectivity index (χ4v) is 1.92. The molecule has 0 fully saturated rings. The van der Waals surface area contributed by atoms with Crippen molar-refractivity contribution in [2.75, 3.05) is 0 Å². The van der Waals surface area contributed by atoms with Gasteiger partial charge in [-0.3, -0.25) is 0 Å². The maximum absolute atomic E-state index is 12.6. The van der Waals surface area contributed by atoms with Gasteiger partial charge in [0.25, 0.3) is 0 Å². The van der Waals surface area contributed by atoms with Crippen LogP contribution in [-0.2, 0) is 12.8 Å². The van der Waals surface area contributed by atoms with Gasteiger partial charge in [-0.25, -0.2) is 0 Å². The summed E-state index contributed by atoms with van der Waals surface area (Å²) in [7, 11) is 0. The van der Waals surface area contributed by atoms with Gasteiger partial charge in [0.1, 0.15) is 0 Å². The molecule has 0 radical (unpaired) electrons. The average molecular weight is 266 g/mol. The molecule has 19 heavy (non-hydrogen) atoms. The summed E-state index contributed by atoms with van der Waals surface area (Å²) >= 11 is 0. The van der Waals surface area contributed by atoms with E-state index in [4.69, 9.17) is 0 Å². The minimum Gasteiger partial charge on any atom is -0.392 e. The number of halogens is 3. The maximum Gasteiger partial charge on any atom is 0.416 e. The van der Waals surface area contributed by atoms with Crippen molar-refractivity contribution in [3.63, 3.8) is 0 Å². The molecule has 0 spiro atoms. The Morgan fingerprint density at radius 3 is 2.16 bits per heavy atom. The van der Waals surface area contributed by atoms with Crippen LogP contribution in [-0.4, -0.2) is 5.11 Å². The number of aliphatic hydroxyl groups excluding tert-OH is 1. The van der Waals surface area contributed by atoms with E-state index >= 15 is 0 Å². The third-order valence-corrected chi connectivity index (χ3v) is 2.97. The van der Waals surface area contributed by atoms with Gasteiger partial charge in [0, 0.05) is 0 Å². The van der Waals surface area contributed by atoms with Crippen molar-refractivity contribution in [2.45, 2.75) is 19.7 Å². The monoisotopic (exact) mass is 266 g/mol. The summed E-state index contributed by atoms with van der Waals surface area (Å²) in [5.41, 5.74) is 2.02. The summed E-state index contributed by atoms with van der Waals surface area (Å²) in [6.45, 7) is 1.51. The van der Waals surface area contributed by atoms with Crippen molar-refractivity contribution in [1.82, 2.24) is 0 Å². The highest BCUT2D eigenvalue weighted by atomic mass is 19.4. The number of alkyl halides is 3. The van der Waals surface area contributed by atoms with E-state index in [0.717, 1.165) is 23.3 Å². The second-order valence-electron chi connectivity index (χ2n) is 4.39. The fraction of sp³-hybridized carbons (Fsp3) is 0.200. The smallest absolute Gasteiger partial charge is 0.392 e. The van der Waals surface area contributed by atoms with Crippen molar-refractivity contribution in [3.8, 4) is 11.1 Å². The quantitative estimate of drug-likeness (QED) is 0.864.